The van der Waals surface area contributed by atoms with Gasteiger partial charge in [-0.25, -0.2) is 9.82 Å². The molecule has 4 nitrogen and oxygen atoms in total. The van der Waals surface area contributed by atoms with Crippen LogP contribution >= 0.6 is 0 Å². The van der Waals surface area contributed by atoms with Crippen molar-refractivity contribution in [2.24, 2.45) is 5.10 Å². The number of phenolic OH excluding ortho intramolecular Hbond substituents is 1. The Balaban J connectivity index is 2.12. The molecular formula is C16H15FN2O2. The van der Waals surface area contributed by atoms with Gasteiger partial charge < -0.3 is 5.11 Å². The molecule has 5 heteroatoms. The molecule has 0 aliphatic heterocycles. The Labute approximate surface area is 121 Å². The fourth-order valence-corrected chi connectivity index (χ4v) is 1.79. The summed E-state index contributed by atoms with van der Waals surface area (Å²) in [7, 11) is 0. The monoisotopic (exact) mass is 286 g/mol. The number of amides is 1. The molecule has 2 rings (SSSR count). The zero-order valence-electron chi connectivity index (χ0n) is 11.5. The number of hydrazone groups is 1. The van der Waals surface area contributed by atoms with Crippen molar-refractivity contribution in [2.75, 3.05) is 0 Å². The maximum atomic E-state index is 12.9. The molecule has 1 amide bonds. The van der Waals surface area contributed by atoms with E-state index >= 15 is 0 Å². The standard InChI is InChI=1S/C16H15FN2O2/c1-2-15(11-3-7-13(17)8-4-11)18-19-16(21)12-5-9-14(20)10-6-12/h3-10,20H,2H2,1H3,(H,19,21)/b18-15+. The second kappa shape index (κ2) is 6.65. The van der Waals surface area contributed by atoms with Crippen LogP contribution in [-0.4, -0.2) is 16.7 Å². The Morgan fingerprint density at radius 2 is 1.67 bits per heavy atom. The Morgan fingerprint density at radius 1 is 1.10 bits per heavy atom. The number of aromatic hydroxyl groups is 1. The van der Waals surface area contributed by atoms with Crippen LogP contribution in [-0.2, 0) is 0 Å². The van der Waals surface area contributed by atoms with Gasteiger partial charge in [-0.3, -0.25) is 4.79 Å². The molecule has 0 heterocycles. The first-order valence-corrected chi connectivity index (χ1v) is 6.52. The lowest BCUT2D eigenvalue weighted by Gasteiger charge is -2.05. The van der Waals surface area contributed by atoms with Gasteiger partial charge in [0.25, 0.3) is 5.91 Å². The predicted octanol–water partition coefficient (Wildman–Crippen LogP) is 3.08. The van der Waals surface area contributed by atoms with E-state index < -0.39 is 0 Å². The fraction of sp³-hybridized carbons (Fsp3) is 0.125. The van der Waals surface area contributed by atoms with E-state index in [0.717, 1.165) is 5.56 Å². The number of hydrogen-bond acceptors (Lipinski definition) is 3. The lowest BCUT2D eigenvalue weighted by molar-refractivity contribution is 0.0955. The molecule has 2 aromatic rings. The van der Waals surface area contributed by atoms with Gasteiger partial charge in [0, 0.05) is 5.56 Å². The third-order valence-corrected chi connectivity index (χ3v) is 2.93. The molecular weight excluding hydrogens is 271 g/mol. The molecule has 0 aliphatic rings. The quantitative estimate of drug-likeness (QED) is 0.670. The molecule has 0 saturated heterocycles. The van der Waals surface area contributed by atoms with Crippen molar-refractivity contribution in [3.63, 3.8) is 0 Å². The van der Waals surface area contributed by atoms with E-state index in [9.17, 15) is 14.3 Å². The van der Waals surface area contributed by atoms with Gasteiger partial charge in [0.05, 0.1) is 5.71 Å². The summed E-state index contributed by atoms with van der Waals surface area (Å²) >= 11 is 0. The average molecular weight is 286 g/mol. The number of benzene rings is 2. The number of carbonyl (C=O) groups is 1. The van der Waals surface area contributed by atoms with Crippen LogP contribution in [0.15, 0.2) is 53.6 Å². The van der Waals surface area contributed by atoms with Crippen molar-refractivity contribution in [3.8, 4) is 5.75 Å². The van der Waals surface area contributed by atoms with Gasteiger partial charge in [-0.1, -0.05) is 19.1 Å². The second-order valence-corrected chi connectivity index (χ2v) is 4.41. The van der Waals surface area contributed by atoms with Crippen LogP contribution in [0.3, 0.4) is 0 Å². The second-order valence-electron chi connectivity index (χ2n) is 4.41. The molecule has 108 valence electrons. The Kier molecular flexibility index (Phi) is 4.66. The maximum Gasteiger partial charge on any atom is 0.271 e. The predicted molar refractivity (Wildman–Crippen MR) is 78.8 cm³/mol. The fourth-order valence-electron chi connectivity index (χ4n) is 1.79. The highest BCUT2D eigenvalue weighted by atomic mass is 19.1. The van der Waals surface area contributed by atoms with Gasteiger partial charge in [0.2, 0.25) is 0 Å². The van der Waals surface area contributed by atoms with Crippen LogP contribution in [0.5, 0.6) is 5.75 Å². The van der Waals surface area contributed by atoms with Crippen LogP contribution < -0.4 is 5.43 Å². The summed E-state index contributed by atoms with van der Waals surface area (Å²) < 4.78 is 12.9. The summed E-state index contributed by atoms with van der Waals surface area (Å²) in [5.41, 5.74) is 4.26. The highest BCUT2D eigenvalue weighted by Gasteiger charge is 2.06. The zero-order valence-corrected chi connectivity index (χ0v) is 11.5. The highest BCUT2D eigenvalue weighted by molar-refractivity contribution is 6.02. The van der Waals surface area contributed by atoms with Crippen molar-refractivity contribution in [1.82, 2.24) is 5.43 Å². The number of carbonyl (C=O) groups excluding carboxylic acids is 1. The van der Waals surface area contributed by atoms with E-state index in [1.54, 1.807) is 12.1 Å². The van der Waals surface area contributed by atoms with E-state index in [1.807, 2.05) is 6.92 Å². The van der Waals surface area contributed by atoms with E-state index in [0.29, 0.717) is 17.7 Å². The van der Waals surface area contributed by atoms with Crippen molar-refractivity contribution < 1.29 is 14.3 Å². The van der Waals surface area contributed by atoms with Gasteiger partial charge in [-0.05, 0) is 48.4 Å². The molecule has 0 spiro atoms. The van der Waals surface area contributed by atoms with Crippen LogP contribution in [0.25, 0.3) is 0 Å². The molecule has 0 aromatic heterocycles. The Hall–Kier alpha value is -2.69. The molecule has 2 N–H and O–H groups in total. The van der Waals surface area contributed by atoms with Crippen molar-refractivity contribution in [3.05, 3.63) is 65.5 Å². The largest absolute Gasteiger partial charge is 0.508 e. The third kappa shape index (κ3) is 3.89. The summed E-state index contributed by atoms with van der Waals surface area (Å²) in [6.07, 6.45) is 0.599. The minimum absolute atomic E-state index is 0.0932. The lowest BCUT2D eigenvalue weighted by Crippen LogP contribution is -2.19. The summed E-state index contributed by atoms with van der Waals surface area (Å²) in [4.78, 5) is 11.9. The van der Waals surface area contributed by atoms with Crippen LogP contribution in [0.1, 0.15) is 29.3 Å². The number of nitrogens with zero attached hydrogens (tertiary/aromatic N) is 1. The molecule has 0 atom stereocenters. The Bertz CT molecular complexity index is 649. The number of hydrogen-bond donors (Lipinski definition) is 2. The molecule has 21 heavy (non-hydrogen) atoms. The first-order chi connectivity index (χ1) is 10.1. The maximum absolute atomic E-state index is 12.9. The first-order valence-electron chi connectivity index (χ1n) is 6.52. The summed E-state index contributed by atoms with van der Waals surface area (Å²) in [6, 6.07) is 11.8. The molecule has 0 saturated carbocycles. The molecule has 0 fully saturated rings. The van der Waals surface area contributed by atoms with Crippen LogP contribution in [0.2, 0.25) is 0 Å². The van der Waals surface area contributed by atoms with E-state index in [4.69, 9.17) is 0 Å². The van der Waals surface area contributed by atoms with E-state index in [2.05, 4.69) is 10.5 Å². The van der Waals surface area contributed by atoms with Crippen molar-refractivity contribution in [2.45, 2.75) is 13.3 Å². The molecule has 0 unspecified atom stereocenters. The minimum atomic E-state index is -0.372. The van der Waals surface area contributed by atoms with Crippen LogP contribution in [0.4, 0.5) is 4.39 Å². The summed E-state index contributed by atoms with van der Waals surface area (Å²) in [5, 5.41) is 13.2. The van der Waals surface area contributed by atoms with E-state index in [-0.39, 0.29) is 17.5 Å². The lowest BCUT2D eigenvalue weighted by atomic mass is 10.1. The SMILES string of the molecule is CC/C(=N\NC(=O)c1ccc(O)cc1)c1ccc(F)cc1. The average Bonchev–Trinajstić information content (AvgIpc) is 2.50. The smallest absolute Gasteiger partial charge is 0.271 e. The van der Waals surface area contributed by atoms with Gasteiger partial charge >= 0.3 is 0 Å². The number of halogens is 1. The Morgan fingerprint density at radius 3 is 2.24 bits per heavy atom. The van der Waals surface area contributed by atoms with Gasteiger partial charge in [0.15, 0.2) is 0 Å². The molecule has 0 bridgehead atoms. The van der Waals surface area contributed by atoms with Gasteiger partial charge in [-0.15, -0.1) is 0 Å². The summed E-state index contributed by atoms with van der Waals surface area (Å²) in [5.74, 6) is -0.596. The van der Waals surface area contributed by atoms with Gasteiger partial charge in [0.1, 0.15) is 11.6 Å². The number of nitrogens with one attached hydrogen (secondary N) is 1. The molecule has 2 aromatic carbocycles. The number of rotatable bonds is 4. The third-order valence-electron chi connectivity index (χ3n) is 2.93. The van der Waals surface area contributed by atoms with Crippen molar-refractivity contribution >= 4 is 11.6 Å². The van der Waals surface area contributed by atoms with Crippen LogP contribution in [0, 0.1) is 5.82 Å². The normalized spacial score (nSPS) is 11.2. The van der Waals surface area contributed by atoms with Crippen molar-refractivity contribution in [1.29, 1.82) is 0 Å². The van der Waals surface area contributed by atoms with Gasteiger partial charge in [-0.2, -0.15) is 5.10 Å². The first kappa shape index (κ1) is 14.7. The molecule has 0 aliphatic carbocycles. The topological polar surface area (TPSA) is 61.7 Å². The summed E-state index contributed by atoms with van der Waals surface area (Å²) in [6.45, 7) is 1.90. The number of phenols is 1. The van der Waals surface area contributed by atoms with E-state index in [1.165, 1.54) is 36.4 Å². The molecule has 0 radical (unpaired) electrons. The highest BCUT2D eigenvalue weighted by Crippen LogP contribution is 2.10. The zero-order chi connectivity index (χ0) is 15.2. The minimum Gasteiger partial charge on any atom is -0.508 e.